The number of thioether (sulfide) groups is 1. The zero-order valence-corrected chi connectivity index (χ0v) is 26.1. The Morgan fingerprint density at radius 2 is 1.28 bits per heavy atom. The van der Waals surface area contributed by atoms with Gasteiger partial charge < -0.3 is 4.42 Å². The maximum Gasteiger partial charge on any atom is 0.276 e. The minimum Gasteiger partial charge on any atom is -0.410 e. The second-order valence-corrected chi connectivity index (χ2v) is 11.8. The van der Waals surface area contributed by atoms with Crippen LogP contribution in [0.4, 0.5) is 4.39 Å². The second-order valence-electron chi connectivity index (χ2n) is 11.0. The van der Waals surface area contributed by atoms with Crippen molar-refractivity contribution in [3.8, 4) is 34.0 Å². The van der Waals surface area contributed by atoms with Gasteiger partial charge in [-0.05, 0) is 59.3 Å². The molecule has 0 amide bonds. The van der Waals surface area contributed by atoms with Crippen molar-refractivity contribution in [2.45, 2.75) is 10.8 Å². The predicted octanol–water partition coefficient (Wildman–Crippen LogP) is 8.62. The average Bonchev–Trinajstić information content (AvgIpc) is 3.89. The molecule has 7 nitrogen and oxygen atoms in total. The number of rotatable bonds is 8. The SMILES string of the molecule is CSc1nnc(-c2cnc3ccc(-c4cn(C(c5ccccc5)(c5ccccc5)c5ccccc5)nc4-c4ccc(F)cc4)cn23)o1. The Morgan fingerprint density at radius 3 is 1.85 bits per heavy atom. The summed E-state index contributed by atoms with van der Waals surface area (Å²) in [7, 11) is 0. The Morgan fingerprint density at radius 1 is 0.681 bits per heavy atom. The Bertz CT molecular complexity index is 2200. The summed E-state index contributed by atoms with van der Waals surface area (Å²) >= 11 is 1.38. The van der Waals surface area contributed by atoms with Gasteiger partial charge in [-0.15, -0.1) is 10.2 Å². The van der Waals surface area contributed by atoms with Crippen LogP contribution in [0.3, 0.4) is 0 Å². The van der Waals surface area contributed by atoms with Crippen LogP contribution in [0.25, 0.3) is 39.6 Å². The van der Waals surface area contributed by atoms with E-state index in [0.29, 0.717) is 22.5 Å². The molecule has 47 heavy (non-hydrogen) atoms. The van der Waals surface area contributed by atoms with E-state index >= 15 is 0 Å². The van der Waals surface area contributed by atoms with Gasteiger partial charge in [0.15, 0.2) is 0 Å². The molecule has 0 atom stereocenters. The molecular formula is C38H27FN6OS. The molecule has 0 unspecified atom stereocenters. The third-order valence-corrected chi connectivity index (χ3v) is 8.88. The van der Waals surface area contributed by atoms with Crippen molar-refractivity contribution in [3.05, 3.63) is 168 Å². The first-order chi connectivity index (χ1) is 23.1. The lowest BCUT2D eigenvalue weighted by atomic mass is 9.77. The van der Waals surface area contributed by atoms with E-state index < -0.39 is 5.54 Å². The Kier molecular flexibility index (Phi) is 7.23. The quantitative estimate of drug-likeness (QED) is 0.123. The van der Waals surface area contributed by atoms with Crippen molar-refractivity contribution in [2.24, 2.45) is 0 Å². The summed E-state index contributed by atoms with van der Waals surface area (Å²) in [5, 5.41) is 14.2. The molecule has 4 aromatic heterocycles. The normalized spacial score (nSPS) is 11.7. The van der Waals surface area contributed by atoms with Crippen LogP contribution >= 0.6 is 11.8 Å². The number of halogens is 1. The molecule has 0 fully saturated rings. The first kappa shape index (κ1) is 28.7. The van der Waals surface area contributed by atoms with E-state index in [0.717, 1.165) is 39.0 Å². The zero-order valence-electron chi connectivity index (χ0n) is 25.2. The predicted molar refractivity (Wildman–Crippen MR) is 181 cm³/mol. The highest BCUT2D eigenvalue weighted by Crippen LogP contribution is 2.43. The van der Waals surface area contributed by atoms with Crippen LogP contribution in [-0.4, -0.2) is 35.6 Å². The molecule has 0 aliphatic carbocycles. The molecule has 0 N–H and O–H groups in total. The van der Waals surface area contributed by atoms with E-state index in [-0.39, 0.29) is 5.82 Å². The highest BCUT2D eigenvalue weighted by Gasteiger charge is 2.40. The number of hydrogen-bond acceptors (Lipinski definition) is 6. The van der Waals surface area contributed by atoms with Gasteiger partial charge >= 0.3 is 0 Å². The molecule has 4 aromatic carbocycles. The lowest BCUT2D eigenvalue weighted by molar-refractivity contribution is 0.461. The van der Waals surface area contributed by atoms with Gasteiger partial charge in [-0.3, -0.25) is 9.08 Å². The van der Waals surface area contributed by atoms with E-state index in [4.69, 9.17) is 9.52 Å². The number of benzene rings is 4. The molecule has 228 valence electrons. The summed E-state index contributed by atoms with van der Waals surface area (Å²) in [5.74, 6) is 0.0697. The Balaban J connectivity index is 1.42. The molecule has 8 aromatic rings. The first-order valence-corrected chi connectivity index (χ1v) is 16.3. The van der Waals surface area contributed by atoms with Crippen LogP contribution in [0.2, 0.25) is 0 Å². The third kappa shape index (κ3) is 4.92. The molecule has 0 saturated heterocycles. The fourth-order valence-corrected chi connectivity index (χ4v) is 6.49. The van der Waals surface area contributed by atoms with Crippen LogP contribution in [0.1, 0.15) is 16.7 Å². The first-order valence-electron chi connectivity index (χ1n) is 15.0. The maximum atomic E-state index is 14.2. The van der Waals surface area contributed by atoms with Crippen LogP contribution in [0.5, 0.6) is 0 Å². The third-order valence-electron chi connectivity index (χ3n) is 8.37. The number of imidazole rings is 1. The molecule has 0 saturated carbocycles. The largest absolute Gasteiger partial charge is 0.410 e. The highest BCUT2D eigenvalue weighted by molar-refractivity contribution is 7.98. The Hall–Kier alpha value is -5.80. The number of pyridine rings is 1. The van der Waals surface area contributed by atoms with Crippen LogP contribution in [0, 0.1) is 5.82 Å². The summed E-state index contributed by atoms with van der Waals surface area (Å²) in [5.41, 5.74) is 6.96. The van der Waals surface area contributed by atoms with E-state index in [1.54, 1.807) is 18.3 Å². The maximum absolute atomic E-state index is 14.2. The van der Waals surface area contributed by atoms with E-state index in [1.807, 2.05) is 51.9 Å². The number of nitrogens with zero attached hydrogens (tertiary/aromatic N) is 6. The highest BCUT2D eigenvalue weighted by atomic mass is 32.2. The van der Waals surface area contributed by atoms with Crippen molar-refractivity contribution >= 4 is 17.4 Å². The van der Waals surface area contributed by atoms with E-state index in [2.05, 4.69) is 94.2 Å². The molecule has 0 spiro atoms. The van der Waals surface area contributed by atoms with Gasteiger partial charge in [-0.1, -0.05) is 103 Å². The number of aromatic nitrogens is 6. The fraction of sp³-hybridized carbons (Fsp3) is 0.0526. The van der Waals surface area contributed by atoms with Crippen molar-refractivity contribution < 1.29 is 8.81 Å². The number of fused-ring (bicyclic) bond motifs is 1. The van der Waals surface area contributed by atoms with Gasteiger partial charge in [0.25, 0.3) is 11.1 Å². The lowest BCUT2D eigenvalue weighted by Crippen LogP contribution is -2.38. The summed E-state index contributed by atoms with van der Waals surface area (Å²) in [6.45, 7) is 0. The molecule has 9 heteroatoms. The molecule has 4 heterocycles. The van der Waals surface area contributed by atoms with Crippen molar-refractivity contribution in [1.82, 2.24) is 29.4 Å². The van der Waals surface area contributed by atoms with Gasteiger partial charge in [0.1, 0.15) is 28.4 Å². The zero-order chi connectivity index (χ0) is 31.8. The van der Waals surface area contributed by atoms with E-state index in [1.165, 1.54) is 23.9 Å². The summed E-state index contributed by atoms with van der Waals surface area (Å²) in [4.78, 5) is 4.58. The van der Waals surface area contributed by atoms with Crippen molar-refractivity contribution in [3.63, 3.8) is 0 Å². The van der Waals surface area contributed by atoms with Crippen LogP contribution < -0.4 is 0 Å². The molecular weight excluding hydrogens is 608 g/mol. The van der Waals surface area contributed by atoms with E-state index in [9.17, 15) is 4.39 Å². The average molecular weight is 635 g/mol. The summed E-state index contributed by atoms with van der Waals surface area (Å²) in [6.07, 6.45) is 7.71. The van der Waals surface area contributed by atoms with Crippen molar-refractivity contribution in [2.75, 3.05) is 6.26 Å². The molecule has 0 radical (unpaired) electrons. The standard InChI is InChI=1S/C38H27FN6OS/c1-47-37-42-41-36(46-37)33-23-40-34-22-19-27(24-44(33)34)32-25-45(43-35(32)26-17-20-31(39)21-18-26)38(28-11-5-2-6-12-28,29-13-7-3-8-14-29)30-15-9-4-10-16-30/h2-25H,1H3. The second kappa shape index (κ2) is 11.9. The smallest absolute Gasteiger partial charge is 0.276 e. The van der Waals surface area contributed by atoms with Crippen LogP contribution in [0.15, 0.2) is 156 Å². The molecule has 0 bridgehead atoms. The monoisotopic (exact) mass is 634 g/mol. The molecule has 8 rings (SSSR count). The summed E-state index contributed by atoms with van der Waals surface area (Å²) in [6, 6.07) is 41.6. The number of hydrogen-bond donors (Lipinski definition) is 0. The van der Waals surface area contributed by atoms with Gasteiger partial charge in [0, 0.05) is 29.1 Å². The van der Waals surface area contributed by atoms with Crippen molar-refractivity contribution in [1.29, 1.82) is 0 Å². The summed E-state index contributed by atoms with van der Waals surface area (Å²) < 4.78 is 24.0. The van der Waals surface area contributed by atoms with Gasteiger partial charge in [-0.25, -0.2) is 9.37 Å². The van der Waals surface area contributed by atoms with Gasteiger partial charge in [-0.2, -0.15) is 5.10 Å². The topological polar surface area (TPSA) is 74.0 Å². The Labute approximate surface area is 274 Å². The lowest BCUT2D eigenvalue weighted by Gasteiger charge is -2.36. The minimum atomic E-state index is -0.834. The van der Waals surface area contributed by atoms with Gasteiger partial charge in [0.2, 0.25) is 0 Å². The van der Waals surface area contributed by atoms with Crippen LogP contribution in [-0.2, 0) is 5.54 Å². The van der Waals surface area contributed by atoms with Gasteiger partial charge in [0.05, 0.1) is 6.20 Å². The fourth-order valence-electron chi connectivity index (χ4n) is 6.21. The molecule has 0 aliphatic rings. The molecule has 0 aliphatic heterocycles. The minimum absolute atomic E-state index is 0.310.